The smallest absolute Gasteiger partial charge is 0.255 e. The maximum Gasteiger partial charge on any atom is 0.255 e. The van der Waals surface area contributed by atoms with E-state index in [-0.39, 0.29) is 23.7 Å². The number of fused-ring (bicyclic) bond motifs is 1. The predicted octanol–water partition coefficient (Wildman–Crippen LogP) is 3.61. The zero-order chi connectivity index (χ0) is 27.8. The van der Waals surface area contributed by atoms with Crippen LogP contribution in [0.15, 0.2) is 35.6 Å². The van der Waals surface area contributed by atoms with Crippen molar-refractivity contribution in [2.75, 3.05) is 32.5 Å². The van der Waals surface area contributed by atoms with Gasteiger partial charge in [0, 0.05) is 50.6 Å². The Morgan fingerprint density at radius 2 is 1.93 bits per heavy atom. The van der Waals surface area contributed by atoms with Gasteiger partial charge in [0.1, 0.15) is 17.3 Å². The van der Waals surface area contributed by atoms with Gasteiger partial charge in [0.15, 0.2) is 5.65 Å². The van der Waals surface area contributed by atoms with Crippen LogP contribution >= 0.6 is 0 Å². The molecular formula is C30H34N8O2. The topological polar surface area (TPSA) is 139 Å². The minimum absolute atomic E-state index is 0.00567. The molecule has 3 heterocycles. The predicted molar refractivity (Wildman–Crippen MR) is 152 cm³/mol. The van der Waals surface area contributed by atoms with E-state index < -0.39 is 6.04 Å². The summed E-state index contributed by atoms with van der Waals surface area (Å²) in [6.07, 6.45) is 8.89. The van der Waals surface area contributed by atoms with Crippen molar-refractivity contribution in [2.45, 2.75) is 50.5 Å². The van der Waals surface area contributed by atoms with Crippen molar-refractivity contribution in [3.05, 3.63) is 53.0 Å². The van der Waals surface area contributed by atoms with Crippen molar-refractivity contribution < 1.29 is 9.59 Å². The highest BCUT2D eigenvalue weighted by molar-refractivity contribution is 6.16. The van der Waals surface area contributed by atoms with Gasteiger partial charge < -0.3 is 20.5 Å². The Kier molecular flexibility index (Phi) is 6.96. The number of carbonyl (C=O) groups excluding carboxylic acids is 2. The second-order valence-electron chi connectivity index (χ2n) is 11.1. The van der Waals surface area contributed by atoms with Crippen LogP contribution in [0.5, 0.6) is 0 Å². The summed E-state index contributed by atoms with van der Waals surface area (Å²) in [6.45, 7) is 1.10. The van der Waals surface area contributed by atoms with E-state index in [4.69, 9.17) is 4.98 Å². The van der Waals surface area contributed by atoms with Crippen LogP contribution in [0.4, 0.5) is 5.69 Å². The van der Waals surface area contributed by atoms with E-state index in [1.165, 1.54) is 18.4 Å². The number of hydrogen-bond acceptors (Lipinski definition) is 7. The summed E-state index contributed by atoms with van der Waals surface area (Å²) in [4.78, 5) is 45.7. The number of carbonyl (C=O) groups is 2. The van der Waals surface area contributed by atoms with E-state index in [2.05, 4.69) is 49.9 Å². The highest BCUT2D eigenvalue weighted by atomic mass is 16.2. The Balaban J connectivity index is 1.25. The van der Waals surface area contributed by atoms with E-state index >= 15 is 0 Å². The second kappa shape index (κ2) is 10.7. The number of nitrogens with zero attached hydrogens (tertiary/aromatic N) is 5. The molecule has 0 spiro atoms. The van der Waals surface area contributed by atoms with Gasteiger partial charge in [-0.2, -0.15) is 5.26 Å². The number of aliphatic imine (C=N–C) groups is 1. The molecule has 3 fully saturated rings. The number of anilines is 1. The SMILES string of the molecule is CN=C(c1cnc2[nH]cc(C(=O)N[C@@H](C(=O)N3CCC(C#N)CC3)C3CC3)c2n1)c1ccc(C2CC2)cc1NC. The van der Waals surface area contributed by atoms with Gasteiger partial charge in [-0.15, -0.1) is 0 Å². The van der Waals surface area contributed by atoms with Crippen LogP contribution in [0.1, 0.15) is 71.6 Å². The summed E-state index contributed by atoms with van der Waals surface area (Å²) in [7, 11) is 3.63. The molecule has 40 heavy (non-hydrogen) atoms. The molecule has 1 atom stereocenters. The Bertz CT molecular complexity index is 1520. The summed E-state index contributed by atoms with van der Waals surface area (Å²) < 4.78 is 0. The van der Waals surface area contributed by atoms with Gasteiger partial charge in [0.05, 0.1) is 23.5 Å². The summed E-state index contributed by atoms with van der Waals surface area (Å²) in [6, 6.07) is 8.12. The molecule has 0 radical (unpaired) electrons. The largest absolute Gasteiger partial charge is 0.388 e. The van der Waals surface area contributed by atoms with Gasteiger partial charge in [-0.25, -0.2) is 9.97 Å². The molecule has 6 rings (SSSR count). The van der Waals surface area contributed by atoms with Crippen molar-refractivity contribution in [1.82, 2.24) is 25.2 Å². The zero-order valence-electron chi connectivity index (χ0n) is 22.9. The minimum atomic E-state index is -0.580. The fourth-order valence-electron chi connectivity index (χ4n) is 5.65. The number of nitriles is 1. The number of piperidine rings is 1. The van der Waals surface area contributed by atoms with E-state index in [0.717, 1.165) is 24.1 Å². The average Bonchev–Trinajstić information content (AvgIpc) is 3.93. The lowest BCUT2D eigenvalue weighted by Gasteiger charge is -2.32. The fourth-order valence-corrected chi connectivity index (χ4v) is 5.65. The van der Waals surface area contributed by atoms with Crippen molar-refractivity contribution in [2.24, 2.45) is 16.8 Å². The van der Waals surface area contributed by atoms with Crippen molar-refractivity contribution in [3.8, 4) is 6.07 Å². The standard InChI is InChI=1S/C30H34N8O2/c1-32-23-13-20(18-3-4-18)7-8-21(23)26(33-2)24-16-35-28-27(36-24)22(15-34-28)29(39)37-25(19-5-6-19)30(40)38-11-9-17(14-31)10-12-38/h7-8,13,15-19,25,32H,3-6,9-12H2,1-2H3,(H,34,35)(H,37,39)/t25-/m1/s1. The molecule has 3 N–H and O–H groups in total. The number of benzene rings is 1. The van der Waals surface area contributed by atoms with Gasteiger partial charge >= 0.3 is 0 Å². The molecule has 10 heteroatoms. The van der Waals surface area contributed by atoms with Crippen molar-refractivity contribution >= 4 is 34.4 Å². The minimum Gasteiger partial charge on any atom is -0.388 e. The lowest BCUT2D eigenvalue weighted by atomic mass is 9.97. The van der Waals surface area contributed by atoms with Gasteiger partial charge in [0.25, 0.3) is 5.91 Å². The highest BCUT2D eigenvalue weighted by Crippen LogP contribution is 2.41. The van der Waals surface area contributed by atoms with E-state index in [1.54, 1.807) is 24.3 Å². The molecule has 2 saturated carbocycles. The molecule has 2 aromatic heterocycles. The number of aromatic amines is 1. The number of nitrogens with one attached hydrogen (secondary N) is 3. The molecule has 3 aromatic rings. The first-order valence-corrected chi connectivity index (χ1v) is 14.1. The summed E-state index contributed by atoms with van der Waals surface area (Å²) in [5.41, 5.74) is 5.75. The molecule has 2 amide bonds. The van der Waals surface area contributed by atoms with Crippen LogP contribution in [0.3, 0.4) is 0 Å². The number of aromatic nitrogens is 3. The maximum atomic E-state index is 13.5. The zero-order valence-corrected chi connectivity index (χ0v) is 22.9. The molecule has 1 aliphatic heterocycles. The Labute approximate surface area is 233 Å². The van der Waals surface area contributed by atoms with Gasteiger partial charge in [-0.05, 0) is 62.0 Å². The molecule has 10 nitrogen and oxygen atoms in total. The van der Waals surface area contributed by atoms with Gasteiger partial charge in [0.2, 0.25) is 5.91 Å². The highest BCUT2D eigenvalue weighted by Gasteiger charge is 2.40. The second-order valence-corrected chi connectivity index (χ2v) is 11.1. The third-order valence-corrected chi connectivity index (χ3v) is 8.34. The van der Waals surface area contributed by atoms with Gasteiger partial charge in [-0.3, -0.25) is 14.6 Å². The fraction of sp³-hybridized carbons (Fsp3) is 0.467. The molecule has 3 aliphatic rings. The number of H-pyrrole nitrogens is 1. The monoisotopic (exact) mass is 538 g/mol. The summed E-state index contributed by atoms with van der Waals surface area (Å²) in [5.74, 6) is 0.349. The van der Waals surface area contributed by atoms with Crippen LogP contribution in [0.25, 0.3) is 11.2 Å². The van der Waals surface area contributed by atoms with Crippen molar-refractivity contribution in [3.63, 3.8) is 0 Å². The molecular weight excluding hydrogens is 504 g/mol. The first-order chi connectivity index (χ1) is 19.5. The number of amides is 2. The van der Waals surface area contributed by atoms with Crippen LogP contribution in [-0.4, -0.2) is 70.6 Å². The summed E-state index contributed by atoms with van der Waals surface area (Å²) in [5, 5.41) is 15.5. The number of hydrogen-bond donors (Lipinski definition) is 3. The van der Waals surface area contributed by atoms with Crippen molar-refractivity contribution in [1.29, 1.82) is 5.26 Å². The lowest BCUT2D eigenvalue weighted by Crippen LogP contribution is -2.51. The quantitative estimate of drug-likeness (QED) is 0.375. The molecule has 2 aliphatic carbocycles. The van der Waals surface area contributed by atoms with E-state index in [1.807, 2.05) is 7.05 Å². The normalized spacial score (nSPS) is 18.8. The Morgan fingerprint density at radius 3 is 2.58 bits per heavy atom. The first kappa shape index (κ1) is 26.0. The Hall–Kier alpha value is -4.26. The van der Waals surface area contributed by atoms with Crippen LogP contribution in [0, 0.1) is 23.2 Å². The molecule has 1 saturated heterocycles. The lowest BCUT2D eigenvalue weighted by molar-refractivity contribution is -0.135. The van der Waals surface area contributed by atoms with Gasteiger partial charge in [-0.1, -0.05) is 12.1 Å². The van der Waals surface area contributed by atoms with E-state index in [0.29, 0.717) is 60.0 Å². The third kappa shape index (κ3) is 5.04. The van der Waals surface area contributed by atoms with Crippen LogP contribution in [-0.2, 0) is 4.79 Å². The molecule has 0 unspecified atom stereocenters. The average molecular weight is 539 g/mol. The number of likely N-dealkylation sites (tertiary alicyclic amines) is 1. The van der Waals surface area contributed by atoms with Crippen LogP contribution in [0.2, 0.25) is 0 Å². The molecule has 1 aromatic carbocycles. The van der Waals surface area contributed by atoms with E-state index in [9.17, 15) is 14.9 Å². The molecule has 0 bridgehead atoms. The maximum absolute atomic E-state index is 13.5. The summed E-state index contributed by atoms with van der Waals surface area (Å²) >= 11 is 0. The third-order valence-electron chi connectivity index (χ3n) is 8.34. The number of rotatable bonds is 8. The molecule has 206 valence electrons. The Morgan fingerprint density at radius 1 is 1.15 bits per heavy atom. The van der Waals surface area contributed by atoms with Crippen LogP contribution < -0.4 is 10.6 Å². The first-order valence-electron chi connectivity index (χ1n) is 14.1.